The van der Waals surface area contributed by atoms with Crippen molar-refractivity contribution < 1.29 is 9.53 Å². The first-order valence-corrected chi connectivity index (χ1v) is 12.6. The van der Waals surface area contributed by atoms with Crippen LogP contribution in [0.3, 0.4) is 0 Å². The van der Waals surface area contributed by atoms with E-state index in [0.717, 1.165) is 53.3 Å². The first-order valence-electron chi connectivity index (χ1n) is 11.8. The average Bonchev–Trinajstić information content (AvgIpc) is 3.42. The lowest BCUT2D eigenvalue weighted by atomic mass is 10.2. The third-order valence-electron chi connectivity index (χ3n) is 6.19. The van der Waals surface area contributed by atoms with Gasteiger partial charge >= 0.3 is 0 Å². The molecule has 37 heavy (non-hydrogen) atoms. The van der Waals surface area contributed by atoms with Crippen LogP contribution < -0.4 is 31.3 Å². The number of thiophene rings is 1. The van der Waals surface area contributed by atoms with Gasteiger partial charge in [-0.1, -0.05) is 12.6 Å². The van der Waals surface area contributed by atoms with Gasteiger partial charge in [-0.15, -0.1) is 11.3 Å². The molecule has 0 spiro atoms. The van der Waals surface area contributed by atoms with Crippen LogP contribution in [0, 0.1) is 0 Å². The first-order chi connectivity index (χ1) is 17.9. The zero-order valence-electron chi connectivity index (χ0n) is 20.4. The Morgan fingerprint density at radius 1 is 1.05 bits per heavy atom. The third kappa shape index (κ3) is 5.25. The first kappa shape index (κ1) is 24.7. The lowest BCUT2D eigenvalue weighted by molar-refractivity contribution is -0.114. The van der Waals surface area contributed by atoms with E-state index in [9.17, 15) is 4.79 Å². The number of ether oxygens (including phenoxy) is 1. The summed E-state index contributed by atoms with van der Waals surface area (Å²) in [6.07, 6.45) is 1.15. The van der Waals surface area contributed by atoms with E-state index in [0.29, 0.717) is 28.8 Å². The summed E-state index contributed by atoms with van der Waals surface area (Å²) in [6.45, 7) is 7.53. The number of anilines is 4. The standard InChI is InChI=1S/C26H28N8O2S/c1-3-23(35)33(27)20-5-4-6-21(17-20)36-25-24-22(11-16-37-24)29-26(30-25)34(28)19-9-7-18(8-10-19)32-14-12-31(2)13-15-32/h3-11,16-17H,1,12-15,27-28H2,2H3. The Hall–Kier alpha value is -4.03. The summed E-state index contributed by atoms with van der Waals surface area (Å²) < 4.78 is 6.91. The number of benzene rings is 2. The SMILES string of the molecule is C=CC(=O)N(N)c1cccc(Oc2nc(N(N)c3ccc(N4CCN(C)CC4)cc3)nc3ccsc23)c1. The molecule has 1 aliphatic rings. The molecule has 0 aliphatic carbocycles. The van der Waals surface area contributed by atoms with Gasteiger partial charge in [-0.3, -0.25) is 4.79 Å². The molecule has 4 N–H and O–H groups in total. The lowest BCUT2D eigenvalue weighted by Crippen LogP contribution is -2.44. The second kappa shape index (κ2) is 10.5. The van der Waals surface area contributed by atoms with Gasteiger partial charge in [0.1, 0.15) is 10.4 Å². The molecule has 1 saturated heterocycles. The van der Waals surface area contributed by atoms with Crippen LogP contribution in [-0.2, 0) is 4.79 Å². The second-order valence-corrected chi connectivity index (χ2v) is 9.57. The van der Waals surface area contributed by atoms with Crippen molar-refractivity contribution in [3.05, 3.63) is 72.6 Å². The molecule has 5 rings (SSSR count). The Morgan fingerprint density at radius 3 is 2.54 bits per heavy atom. The van der Waals surface area contributed by atoms with Gasteiger partial charge in [0.25, 0.3) is 5.91 Å². The molecule has 1 aliphatic heterocycles. The van der Waals surface area contributed by atoms with Gasteiger partial charge in [-0.2, -0.15) is 4.98 Å². The van der Waals surface area contributed by atoms with E-state index in [-0.39, 0.29) is 0 Å². The Kier molecular flexibility index (Phi) is 7.01. The summed E-state index contributed by atoms with van der Waals surface area (Å²) in [5, 5.41) is 4.36. The molecule has 0 radical (unpaired) electrons. The zero-order valence-corrected chi connectivity index (χ0v) is 21.3. The van der Waals surface area contributed by atoms with E-state index in [2.05, 4.69) is 45.5 Å². The predicted molar refractivity (Wildman–Crippen MR) is 148 cm³/mol. The predicted octanol–water partition coefficient (Wildman–Crippen LogP) is 3.64. The number of amides is 1. The van der Waals surface area contributed by atoms with E-state index in [4.69, 9.17) is 16.4 Å². The number of hydrogen-bond donors (Lipinski definition) is 2. The van der Waals surface area contributed by atoms with E-state index in [1.807, 2.05) is 23.6 Å². The Morgan fingerprint density at radius 2 is 1.81 bits per heavy atom. The van der Waals surface area contributed by atoms with Crippen LogP contribution in [0.1, 0.15) is 0 Å². The zero-order chi connectivity index (χ0) is 25.9. The molecule has 11 heteroatoms. The summed E-state index contributed by atoms with van der Waals surface area (Å²) in [4.78, 5) is 25.9. The minimum absolute atomic E-state index is 0.298. The number of nitrogens with zero attached hydrogens (tertiary/aromatic N) is 6. The van der Waals surface area contributed by atoms with E-state index in [1.165, 1.54) is 16.3 Å². The molecule has 2 aromatic heterocycles. The Labute approximate surface area is 218 Å². The van der Waals surface area contributed by atoms with Crippen LogP contribution in [0.15, 0.2) is 72.6 Å². The van der Waals surface area contributed by atoms with Crippen molar-refractivity contribution in [3.8, 4) is 11.6 Å². The van der Waals surface area contributed by atoms with Crippen LogP contribution in [0.4, 0.5) is 23.0 Å². The fourth-order valence-electron chi connectivity index (χ4n) is 4.04. The van der Waals surface area contributed by atoms with Gasteiger partial charge < -0.3 is 14.5 Å². The number of rotatable bonds is 7. The monoisotopic (exact) mass is 516 g/mol. The van der Waals surface area contributed by atoms with Gasteiger partial charge in [-0.25, -0.2) is 26.7 Å². The average molecular weight is 517 g/mol. The molecule has 3 heterocycles. The molecular formula is C26H28N8O2S. The number of likely N-dealkylation sites (N-methyl/N-ethyl adjacent to an activating group) is 1. The molecule has 190 valence electrons. The van der Waals surface area contributed by atoms with Crippen molar-refractivity contribution >= 4 is 50.5 Å². The number of piperazine rings is 1. The number of nitrogens with two attached hydrogens (primary N) is 2. The lowest BCUT2D eigenvalue weighted by Gasteiger charge is -2.34. The smallest absolute Gasteiger partial charge is 0.264 e. The summed E-state index contributed by atoms with van der Waals surface area (Å²) >= 11 is 1.47. The normalized spacial score (nSPS) is 14.0. The van der Waals surface area contributed by atoms with Crippen molar-refractivity contribution in [2.45, 2.75) is 0 Å². The quantitative estimate of drug-likeness (QED) is 0.164. The highest BCUT2D eigenvalue weighted by atomic mass is 32.1. The van der Waals surface area contributed by atoms with Crippen LogP contribution in [0.5, 0.6) is 11.6 Å². The number of carbonyl (C=O) groups excluding carboxylic acids is 1. The summed E-state index contributed by atoms with van der Waals surface area (Å²) in [6, 6.07) is 16.8. The van der Waals surface area contributed by atoms with Crippen LogP contribution in [0.2, 0.25) is 0 Å². The molecule has 2 aromatic carbocycles. The highest BCUT2D eigenvalue weighted by Crippen LogP contribution is 2.35. The van der Waals surface area contributed by atoms with E-state index < -0.39 is 5.91 Å². The molecule has 1 amide bonds. The molecule has 10 nitrogen and oxygen atoms in total. The van der Waals surface area contributed by atoms with E-state index in [1.54, 1.807) is 24.3 Å². The molecule has 1 fully saturated rings. The maximum absolute atomic E-state index is 11.9. The highest BCUT2D eigenvalue weighted by Gasteiger charge is 2.18. The molecule has 0 saturated carbocycles. The van der Waals surface area contributed by atoms with Gasteiger partial charge in [0.2, 0.25) is 11.8 Å². The minimum atomic E-state index is -0.431. The van der Waals surface area contributed by atoms with Crippen molar-refractivity contribution in [3.63, 3.8) is 0 Å². The number of carbonyl (C=O) groups is 1. The number of hydrazine groups is 2. The van der Waals surface area contributed by atoms with Crippen LogP contribution in [0.25, 0.3) is 10.2 Å². The minimum Gasteiger partial charge on any atom is -0.437 e. The van der Waals surface area contributed by atoms with Crippen molar-refractivity contribution in [2.75, 3.05) is 48.1 Å². The number of fused-ring (bicyclic) bond motifs is 1. The van der Waals surface area contributed by atoms with Crippen molar-refractivity contribution in [2.24, 2.45) is 11.7 Å². The number of hydrogen-bond acceptors (Lipinski definition) is 10. The molecule has 0 unspecified atom stereocenters. The van der Waals surface area contributed by atoms with Crippen molar-refractivity contribution in [1.29, 1.82) is 0 Å². The fraction of sp³-hybridized carbons (Fsp3) is 0.192. The van der Waals surface area contributed by atoms with Gasteiger partial charge in [-0.05, 0) is 61.0 Å². The molecule has 0 atom stereocenters. The summed E-state index contributed by atoms with van der Waals surface area (Å²) in [5.74, 6) is 13.0. The van der Waals surface area contributed by atoms with E-state index >= 15 is 0 Å². The van der Waals surface area contributed by atoms with Gasteiger partial charge in [0.15, 0.2) is 0 Å². The summed E-state index contributed by atoms with van der Waals surface area (Å²) in [5.41, 5.74) is 3.09. The van der Waals surface area contributed by atoms with Crippen molar-refractivity contribution in [1.82, 2.24) is 14.9 Å². The number of aromatic nitrogens is 2. The summed E-state index contributed by atoms with van der Waals surface area (Å²) in [7, 11) is 2.14. The molecule has 0 bridgehead atoms. The maximum Gasteiger partial charge on any atom is 0.264 e. The maximum atomic E-state index is 11.9. The van der Waals surface area contributed by atoms with Gasteiger partial charge in [0, 0.05) is 37.9 Å². The second-order valence-electron chi connectivity index (χ2n) is 8.65. The van der Waals surface area contributed by atoms with Crippen LogP contribution in [-0.4, -0.2) is 54.0 Å². The Balaban J connectivity index is 1.40. The molecule has 4 aromatic rings. The third-order valence-corrected chi connectivity index (χ3v) is 7.09. The van der Waals surface area contributed by atoms with Gasteiger partial charge in [0.05, 0.1) is 16.9 Å². The molecular weight excluding hydrogens is 488 g/mol. The Bertz CT molecular complexity index is 1420. The van der Waals surface area contributed by atoms with Crippen LogP contribution >= 0.6 is 11.3 Å². The fourth-order valence-corrected chi connectivity index (χ4v) is 4.80. The highest BCUT2D eigenvalue weighted by molar-refractivity contribution is 7.17. The topological polar surface area (TPSA) is 117 Å². The largest absolute Gasteiger partial charge is 0.437 e.